The van der Waals surface area contributed by atoms with E-state index < -0.39 is 6.04 Å². The Morgan fingerprint density at radius 2 is 1.97 bits per heavy atom. The molecule has 1 aliphatic heterocycles. The molecule has 1 aromatic heterocycles. The van der Waals surface area contributed by atoms with Crippen LogP contribution in [0.25, 0.3) is 0 Å². The molecule has 0 amide bonds. The van der Waals surface area contributed by atoms with Crippen molar-refractivity contribution in [1.82, 2.24) is 14.8 Å². The lowest BCUT2D eigenvalue weighted by Gasteiger charge is -2.28. The molecule has 0 saturated heterocycles. The van der Waals surface area contributed by atoms with Gasteiger partial charge in [0, 0.05) is 11.4 Å². The van der Waals surface area contributed by atoms with E-state index >= 15 is 0 Å². The number of aromatic nitrogens is 3. The molecule has 0 aliphatic carbocycles. The number of esters is 1. The van der Waals surface area contributed by atoms with E-state index in [0.29, 0.717) is 47.1 Å². The van der Waals surface area contributed by atoms with Gasteiger partial charge >= 0.3 is 5.97 Å². The molecule has 0 fully saturated rings. The number of hydrogen-bond acceptors (Lipinski definition) is 8. The molecule has 2 heterocycles. The zero-order valence-electron chi connectivity index (χ0n) is 20.1. The van der Waals surface area contributed by atoms with Crippen LogP contribution in [0.15, 0.2) is 34.6 Å². The molecule has 180 valence electrons. The quantitative estimate of drug-likeness (QED) is 0.255. The van der Waals surface area contributed by atoms with Gasteiger partial charge in [0.05, 0.1) is 25.9 Å². The highest BCUT2D eigenvalue weighted by Gasteiger charge is 2.35. The Morgan fingerprint density at radius 1 is 1.18 bits per heavy atom. The zero-order chi connectivity index (χ0) is 23.8. The summed E-state index contributed by atoms with van der Waals surface area (Å²) in [6.07, 6.45) is 3.98. The van der Waals surface area contributed by atoms with Crippen LogP contribution in [0.4, 0.5) is 5.95 Å². The Kier molecular flexibility index (Phi) is 9.05. The molecular formula is C24H34N4O4S. The van der Waals surface area contributed by atoms with Crippen molar-refractivity contribution in [2.75, 3.05) is 31.4 Å². The van der Waals surface area contributed by atoms with E-state index in [4.69, 9.17) is 19.3 Å². The lowest BCUT2D eigenvalue weighted by atomic mass is 9.95. The molecule has 33 heavy (non-hydrogen) atoms. The number of allylic oxidation sites excluding steroid dienone is 1. The highest BCUT2D eigenvalue weighted by atomic mass is 32.2. The van der Waals surface area contributed by atoms with Gasteiger partial charge in [0.15, 0.2) is 11.5 Å². The Balaban J connectivity index is 2.05. The highest BCUT2D eigenvalue weighted by Crippen LogP contribution is 2.39. The molecule has 1 aliphatic rings. The molecule has 0 radical (unpaired) electrons. The maximum absolute atomic E-state index is 13.2. The van der Waals surface area contributed by atoms with Crippen LogP contribution in [0, 0.1) is 0 Å². The molecule has 0 bridgehead atoms. The van der Waals surface area contributed by atoms with Gasteiger partial charge in [-0.25, -0.2) is 9.48 Å². The number of thioether (sulfide) groups is 1. The van der Waals surface area contributed by atoms with Gasteiger partial charge in [-0.1, -0.05) is 44.5 Å². The molecule has 1 aromatic carbocycles. The van der Waals surface area contributed by atoms with Crippen LogP contribution in [-0.4, -0.2) is 46.8 Å². The second-order valence-corrected chi connectivity index (χ2v) is 8.83. The van der Waals surface area contributed by atoms with Gasteiger partial charge < -0.3 is 19.5 Å². The lowest BCUT2D eigenvalue weighted by molar-refractivity contribution is -0.139. The lowest BCUT2D eigenvalue weighted by Crippen LogP contribution is -2.30. The number of benzene rings is 1. The zero-order valence-corrected chi connectivity index (χ0v) is 21.0. The minimum absolute atomic E-state index is 0.353. The number of fused-ring (bicyclic) bond motifs is 1. The molecule has 9 heteroatoms. The summed E-state index contributed by atoms with van der Waals surface area (Å²) in [6.45, 7) is 8.90. The summed E-state index contributed by atoms with van der Waals surface area (Å²) < 4.78 is 18.6. The summed E-state index contributed by atoms with van der Waals surface area (Å²) in [5.74, 6) is 2.45. The van der Waals surface area contributed by atoms with E-state index in [0.717, 1.165) is 37.0 Å². The SMILES string of the molecule is CCCCOC(=O)C1=C(C)Nc2nc(SCCCC)nn2C1c1ccc(OC)c(OCC)c1. The smallest absolute Gasteiger partial charge is 0.338 e. The molecule has 1 unspecified atom stereocenters. The van der Waals surface area contributed by atoms with E-state index in [-0.39, 0.29) is 5.97 Å². The average molecular weight is 475 g/mol. The van der Waals surface area contributed by atoms with Gasteiger partial charge in [-0.15, -0.1) is 5.10 Å². The van der Waals surface area contributed by atoms with Gasteiger partial charge in [-0.2, -0.15) is 4.98 Å². The monoisotopic (exact) mass is 474 g/mol. The number of nitrogens with zero attached hydrogens (tertiary/aromatic N) is 3. The van der Waals surface area contributed by atoms with Gasteiger partial charge in [0.2, 0.25) is 11.1 Å². The van der Waals surface area contributed by atoms with E-state index in [9.17, 15) is 4.79 Å². The van der Waals surface area contributed by atoms with Crippen LogP contribution < -0.4 is 14.8 Å². The number of unbranched alkanes of at least 4 members (excludes halogenated alkanes) is 2. The number of nitrogens with one attached hydrogen (secondary N) is 1. The van der Waals surface area contributed by atoms with Gasteiger partial charge in [0.25, 0.3) is 0 Å². The molecule has 3 rings (SSSR count). The second kappa shape index (κ2) is 12.0. The Bertz CT molecular complexity index is 989. The Morgan fingerprint density at radius 3 is 2.67 bits per heavy atom. The normalized spacial score (nSPS) is 15.1. The minimum Gasteiger partial charge on any atom is -0.493 e. The van der Waals surface area contributed by atoms with Gasteiger partial charge in [0.1, 0.15) is 6.04 Å². The van der Waals surface area contributed by atoms with Crippen molar-refractivity contribution in [3.05, 3.63) is 35.0 Å². The number of carbonyl (C=O) groups excluding carboxylic acids is 1. The van der Waals surface area contributed by atoms with E-state index in [1.165, 1.54) is 0 Å². The van der Waals surface area contributed by atoms with Crippen LogP contribution in [0.5, 0.6) is 11.5 Å². The second-order valence-electron chi connectivity index (χ2n) is 7.76. The molecule has 8 nitrogen and oxygen atoms in total. The molecule has 1 N–H and O–H groups in total. The predicted octanol–water partition coefficient (Wildman–Crippen LogP) is 5.21. The third-order valence-electron chi connectivity index (χ3n) is 5.32. The van der Waals surface area contributed by atoms with Crippen LogP contribution in [0.2, 0.25) is 0 Å². The summed E-state index contributed by atoms with van der Waals surface area (Å²) in [4.78, 5) is 17.9. The highest BCUT2D eigenvalue weighted by molar-refractivity contribution is 7.99. The molecule has 2 aromatic rings. The fraction of sp³-hybridized carbons (Fsp3) is 0.542. The van der Waals surface area contributed by atoms with Crippen molar-refractivity contribution in [2.24, 2.45) is 0 Å². The number of carbonyl (C=O) groups is 1. The first-order valence-electron chi connectivity index (χ1n) is 11.6. The summed E-state index contributed by atoms with van der Waals surface area (Å²) in [5.41, 5.74) is 2.07. The van der Waals surface area contributed by atoms with Crippen molar-refractivity contribution in [3.8, 4) is 11.5 Å². The van der Waals surface area contributed by atoms with Crippen molar-refractivity contribution in [1.29, 1.82) is 0 Å². The predicted molar refractivity (Wildman–Crippen MR) is 130 cm³/mol. The Labute approximate surface area is 200 Å². The first kappa shape index (κ1) is 25.0. The summed E-state index contributed by atoms with van der Waals surface area (Å²) >= 11 is 1.62. The number of rotatable bonds is 12. The van der Waals surface area contributed by atoms with E-state index in [1.807, 2.05) is 32.0 Å². The van der Waals surface area contributed by atoms with Crippen LogP contribution in [-0.2, 0) is 9.53 Å². The molecular weight excluding hydrogens is 440 g/mol. The van der Waals surface area contributed by atoms with Gasteiger partial charge in [-0.3, -0.25) is 0 Å². The van der Waals surface area contributed by atoms with Crippen LogP contribution in [0.1, 0.15) is 65.0 Å². The van der Waals surface area contributed by atoms with E-state index in [2.05, 4.69) is 24.1 Å². The van der Waals surface area contributed by atoms with Crippen LogP contribution in [0.3, 0.4) is 0 Å². The first-order chi connectivity index (χ1) is 16.0. The maximum atomic E-state index is 13.2. The van der Waals surface area contributed by atoms with Crippen molar-refractivity contribution < 1.29 is 19.0 Å². The van der Waals surface area contributed by atoms with Crippen LogP contribution >= 0.6 is 11.8 Å². The first-order valence-corrected chi connectivity index (χ1v) is 12.6. The van der Waals surface area contributed by atoms with Crippen molar-refractivity contribution >= 4 is 23.7 Å². The summed E-state index contributed by atoms with van der Waals surface area (Å²) in [6, 6.07) is 5.19. The maximum Gasteiger partial charge on any atom is 0.338 e. The number of ether oxygens (including phenoxy) is 3. The Hall–Kier alpha value is -2.68. The number of hydrogen-bond donors (Lipinski definition) is 1. The fourth-order valence-electron chi connectivity index (χ4n) is 3.59. The molecule has 0 saturated carbocycles. The van der Waals surface area contributed by atoms with Crippen molar-refractivity contribution in [2.45, 2.75) is 64.6 Å². The third kappa shape index (κ3) is 5.82. The number of anilines is 1. The minimum atomic E-state index is -0.492. The standard InChI is InChI=1S/C24H34N4O4S/c1-6-9-13-32-22(29)20-16(4)25-23-26-24(33-14-10-7-2)27-28(23)21(20)17-11-12-18(30-5)19(15-17)31-8-3/h11-12,15,21H,6-10,13-14H2,1-5H3,(H,25,26,27). The van der Waals surface area contributed by atoms with E-state index in [1.54, 1.807) is 23.6 Å². The third-order valence-corrected chi connectivity index (χ3v) is 6.24. The molecule has 1 atom stereocenters. The van der Waals surface area contributed by atoms with Gasteiger partial charge in [-0.05, 0) is 44.4 Å². The number of methoxy groups -OCH3 is 1. The summed E-state index contributed by atoms with van der Waals surface area (Å²) in [7, 11) is 1.61. The largest absolute Gasteiger partial charge is 0.493 e. The topological polar surface area (TPSA) is 87.5 Å². The fourth-order valence-corrected chi connectivity index (χ4v) is 4.50. The average Bonchev–Trinajstić information content (AvgIpc) is 3.20. The molecule has 0 spiro atoms. The summed E-state index contributed by atoms with van der Waals surface area (Å²) in [5, 5.41) is 8.69. The van der Waals surface area contributed by atoms with Crippen molar-refractivity contribution in [3.63, 3.8) is 0 Å².